The second-order valence-electron chi connectivity index (χ2n) is 6.29. The minimum Gasteiger partial charge on any atom is -0.467 e. The van der Waals surface area contributed by atoms with Crippen LogP contribution in [-0.2, 0) is 13.1 Å². The lowest BCUT2D eigenvalue weighted by Gasteiger charge is -2.26. The van der Waals surface area contributed by atoms with Crippen LogP contribution < -0.4 is 5.32 Å². The van der Waals surface area contributed by atoms with Gasteiger partial charge in [-0.15, -0.1) is 0 Å². The van der Waals surface area contributed by atoms with Crippen molar-refractivity contribution in [2.75, 3.05) is 5.32 Å². The third-order valence-electron chi connectivity index (χ3n) is 4.09. The van der Waals surface area contributed by atoms with E-state index in [0.717, 1.165) is 22.6 Å². The van der Waals surface area contributed by atoms with Gasteiger partial charge in [0.15, 0.2) is 5.11 Å². The van der Waals surface area contributed by atoms with E-state index in [1.807, 2.05) is 50.2 Å². The van der Waals surface area contributed by atoms with E-state index in [1.54, 1.807) is 6.26 Å². The molecule has 0 aliphatic carbocycles. The molecule has 0 saturated heterocycles. The van der Waals surface area contributed by atoms with E-state index in [9.17, 15) is 0 Å². The van der Waals surface area contributed by atoms with Crippen LogP contribution in [0.25, 0.3) is 0 Å². The van der Waals surface area contributed by atoms with Crippen LogP contribution >= 0.6 is 23.8 Å². The molecule has 0 saturated carbocycles. The molecule has 1 aromatic heterocycles. The molecule has 0 radical (unpaired) electrons. The lowest BCUT2D eigenvalue weighted by Crippen LogP contribution is -2.34. The minimum atomic E-state index is 0.580. The molecule has 0 amide bonds. The van der Waals surface area contributed by atoms with Crippen molar-refractivity contribution in [3.63, 3.8) is 0 Å². The minimum absolute atomic E-state index is 0.580. The number of hydrogen-bond acceptors (Lipinski definition) is 2. The summed E-state index contributed by atoms with van der Waals surface area (Å²) in [6.07, 6.45) is 1.67. The predicted octanol–water partition coefficient (Wildman–Crippen LogP) is 5.95. The van der Waals surface area contributed by atoms with E-state index in [0.29, 0.717) is 23.2 Å². The number of halogens is 1. The molecule has 3 rings (SSSR count). The van der Waals surface area contributed by atoms with Gasteiger partial charge in [-0.25, -0.2) is 0 Å². The first kappa shape index (κ1) is 18.5. The van der Waals surface area contributed by atoms with Gasteiger partial charge in [-0.3, -0.25) is 0 Å². The first-order chi connectivity index (χ1) is 12.5. The van der Waals surface area contributed by atoms with E-state index in [1.165, 1.54) is 5.56 Å². The molecular weight excluding hydrogens is 364 g/mol. The van der Waals surface area contributed by atoms with Gasteiger partial charge in [-0.2, -0.15) is 0 Å². The summed E-state index contributed by atoms with van der Waals surface area (Å²) >= 11 is 12.1. The van der Waals surface area contributed by atoms with Crippen LogP contribution in [0.5, 0.6) is 0 Å². The van der Waals surface area contributed by atoms with Gasteiger partial charge in [0.2, 0.25) is 0 Å². The molecule has 0 aliphatic heterocycles. The Bertz CT molecular complexity index is 855. The maximum Gasteiger partial charge on any atom is 0.174 e. The number of hydrogen-bond donors (Lipinski definition) is 1. The zero-order chi connectivity index (χ0) is 18.5. The molecule has 1 N–H and O–H groups in total. The Morgan fingerprint density at radius 1 is 1.08 bits per heavy atom. The van der Waals surface area contributed by atoms with E-state index < -0.39 is 0 Å². The van der Waals surface area contributed by atoms with Crippen molar-refractivity contribution in [2.24, 2.45) is 0 Å². The first-order valence-corrected chi connectivity index (χ1v) is 9.20. The molecule has 0 atom stereocenters. The number of nitrogens with zero attached hydrogens (tertiary/aromatic N) is 1. The Morgan fingerprint density at radius 3 is 2.50 bits per heavy atom. The summed E-state index contributed by atoms with van der Waals surface area (Å²) in [6, 6.07) is 18.1. The van der Waals surface area contributed by atoms with Gasteiger partial charge < -0.3 is 14.6 Å². The molecule has 0 unspecified atom stereocenters. The van der Waals surface area contributed by atoms with E-state index in [-0.39, 0.29) is 0 Å². The maximum absolute atomic E-state index is 6.43. The van der Waals surface area contributed by atoms with Crippen molar-refractivity contribution < 1.29 is 4.42 Å². The first-order valence-electron chi connectivity index (χ1n) is 8.42. The lowest BCUT2D eigenvalue weighted by molar-refractivity contribution is 0.360. The second kappa shape index (κ2) is 8.39. The predicted molar refractivity (Wildman–Crippen MR) is 112 cm³/mol. The quantitative estimate of drug-likeness (QED) is 0.550. The zero-order valence-electron chi connectivity index (χ0n) is 14.8. The summed E-state index contributed by atoms with van der Waals surface area (Å²) in [4.78, 5) is 2.07. The van der Waals surface area contributed by atoms with Gasteiger partial charge in [0.25, 0.3) is 0 Å². The average molecular weight is 385 g/mol. The number of anilines is 1. The monoisotopic (exact) mass is 384 g/mol. The van der Waals surface area contributed by atoms with Crippen molar-refractivity contribution in [2.45, 2.75) is 26.9 Å². The van der Waals surface area contributed by atoms with Crippen molar-refractivity contribution in [3.8, 4) is 0 Å². The number of rotatable bonds is 5. The van der Waals surface area contributed by atoms with Crippen LogP contribution in [0.4, 0.5) is 5.69 Å². The molecule has 2 aromatic carbocycles. The van der Waals surface area contributed by atoms with Crippen LogP contribution in [-0.4, -0.2) is 10.0 Å². The SMILES string of the molecule is Cc1cc(C)c(NC(=S)N(Cc2ccccc2)Cc2ccco2)c(Cl)c1. The molecule has 134 valence electrons. The third kappa shape index (κ3) is 4.65. The Hall–Kier alpha value is -2.30. The summed E-state index contributed by atoms with van der Waals surface area (Å²) in [6.45, 7) is 5.31. The van der Waals surface area contributed by atoms with E-state index in [4.69, 9.17) is 28.2 Å². The molecule has 26 heavy (non-hydrogen) atoms. The van der Waals surface area contributed by atoms with Crippen LogP contribution in [0.3, 0.4) is 0 Å². The number of furan rings is 1. The molecule has 3 aromatic rings. The van der Waals surface area contributed by atoms with Crippen molar-refractivity contribution in [3.05, 3.63) is 88.3 Å². The maximum atomic E-state index is 6.43. The Kier molecular flexibility index (Phi) is 5.96. The Morgan fingerprint density at radius 2 is 1.85 bits per heavy atom. The summed E-state index contributed by atoms with van der Waals surface area (Å²) in [5, 5.41) is 4.60. The van der Waals surface area contributed by atoms with Crippen molar-refractivity contribution in [1.82, 2.24) is 4.90 Å². The number of thiocarbonyl (C=S) groups is 1. The van der Waals surface area contributed by atoms with E-state index in [2.05, 4.69) is 28.4 Å². The molecule has 3 nitrogen and oxygen atoms in total. The third-order valence-corrected chi connectivity index (χ3v) is 4.75. The van der Waals surface area contributed by atoms with Crippen LogP contribution in [0.2, 0.25) is 5.02 Å². The topological polar surface area (TPSA) is 28.4 Å². The highest BCUT2D eigenvalue weighted by Gasteiger charge is 2.15. The van der Waals surface area contributed by atoms with Gasteiger partial charge in [0.05, 0.1) is 23.5 Å². The number of aryl methyl sites for hydroxylation is 2. The smallest absolute Gasteiger partial charge is 0.174 e. The fourth-order valence-corrected chi connectivity index (χ4v) is 3.45. The van der Waals surface area contributed by atoms with Crippen molar-refractivity contribution >= 4 is 34.6 Å². The summed E-state index contributed by atoms with van der Waals surface area (Å²) in [5.41, 5.74) is 4.21. The summed E-state index contributed by atoms with van der Waals surface area (Å²) < 4.78 is 5.51. The zero-order valence-corrected chi connectivity index (χ0v) is 16.4. The standard InChI is InChI=1S/C21H21ClN2OS/c1-15-11-16(2)20(19(22)12-15)23-21(26)24(14-18-9-6-10-25-18)13-17-7-4-3-5-8-17/h3-12H,13-14H2,1-2H3,(H,23,26). The van der Waals surface area contributed by atoms with Gasteiger partial charge in [0.1, 0.15) is 5.76 Å². The molecule has 0 fully saturated rings. The van der Waals surface area contributed by atoms with Crippen LogP contribution in [0, 0.1) is 13.8 Å². The lowest BCUT2D eigenvalue weighted by atomic mass is 10.1. The van der Waals surface area contributed by atoms with Crippen LogP contribution in [0.1, 0.15) is 22.5 Å². The number of benzene rings is 2. The molecule has 0 aliphatic rings. The van der Waals surface area contributed by atoms with Gasteiger partial charge in [-0.1, -0.05) is 48.0 Å². The summed E-state index contributed by atoms with van der Waals surface area (Å²) in [5.74, 6) is 0.858. The molecule has 0 bridgehead atoms. The molecule has 1 heterocycles. The van der Waals surface area contributed by atoms with Gasteiger partial charge in [-0.05, 0) is 61.0 Å². The van der Waals surface area contributed by atoms with Gasteiger partial charge in [0, 0.05) is 6.54 Å². The molecule has 5 heteroatoms. The Labute approximate surface area is 164 Å². The molecule has 0 spiro atoms. The average Bonchev–Trinajstić information content (AvgIpc) is 3.11. The highest BCUT2D eigenvalue weighted by Crippen LogP contribution is 2.28. The number of nitrogens with one attached hydrogen (secondary N) is 1. The fourth-order valence-electron chi connectivity index (χ4n) is 2.85. The summed E-state index contributed by atoms with van der Waals surface area (Å²) in [7, 11) is 0. The highest BCUT2D eigenvalue weighted by molar-refractivity contribution is 7.80. The van der Waals surface area contributed by atoms with Gasteiger partial charge >= 0.3 is 0 Å². The van der Waals surface area contributed by atoms with E-state index >= 15 is 0 Å². The normalized spacial score (nSPS) is 10.6. The van der Waals surface area contributed by atoms with Crippen LogP contribution in [0.15, 0.2) is 65.3 Å². The molecular formula is C21H21ClN2OS. The second-order valence-corrected chi connectivity index (χ2v) is 7.08. The fraction of sp³-hybridized carbons (Fsp3) is 0.190. The van der Waals surface area contributed by atoms with Crippen molar-refractivity contribution in [1.29, 1.82) is 0 Å². The Balaban J connectivity index is 1.82. The highest BCUT2D eigenvalue weighted by atomic mass is 35.5. The largest absolute Gasteiger partial charge is 0.467 e.